The Balaban J connectivity index is 2.51. The van der Waals surface area contributed by atoms with E-state index in [1.54, 1.807) is 0 Å². The van der Waals surface area contributed by atoms with E-state index in [9.17, 15) is 0 Å². The third-order valence-corrected chi connectivity index (χ3v) is 3.03. The van der Waals surface area contributed by atoms with Gasteiger partial charge in [-0.1, -0.05) is 0 Å². The first-order chi connectivity index (χ1) is 5.91. The molecule has 0 bridgehead atoms. The first kappa shape index (κ1) is 11.0. The Morgan fingerprint density at radius 1 is 1.46 bits per heavy atom. The smallest absolute Gasteiger partial charge is 0.0257 e. The van der Waals surface area contributed by atoms with Crippen molar-refractivity contribution in [2.45, 2.75) is 38.3 Å². The Bertz CT molecular complexity index is 162. The monoisotopic (exact) mass is 185 g/mol. The molecule has 0 aliphatic carbocycles. The van der Waals surface area contributed by atoms with Gasteiger partial charge in [-0.3, -0.25) is 0 Å². The van der Waals surface area contributed by atoms with Crippen LogP contribution in [0.25, 0.3) is 0 Å². The third-order valence-electron chi connectivity index (χ3n) is 3.03. The van der Waals surface area contributed by atoms with Gasteiger partial charge >= 0.3 is 0 Å². The largest absolute Gasteiger partial charge is 0.326 e. The number of nitrogens with two attached hydrogens (primary N) is 2. The Kier molecular flexibility index (Phi) is 3.33. The minimum absolute atomic E-state index is 0.121. The second kappa shape index (κ2) is 3.95. The minimum atomic E-state index is -0.247. The summed E-state index contributed by atoms with van der Waals surface area (Å²) in [6, 6.07) is 0.121. The summed E-state index contributed by atoms with van der Waals surface area (Å²) < 4.78 is 0. The van der Waals surface area contributed by atoms with E-state index >= 15 is 0 Å². The molecule has 0 aromatic rings. The van der Waals surface area contributed by atoms with Gasteiger partial charge in [0.2, 0.25) is 0 Å². The average molecular weight is 185 g/mol. The second-order valence-corrected chi connectivity index (χ2v) is 5.01. The number of rotatable bonds is 2. The number of likely N-dealkylation sites (tertiary alicyclic amines) is 1. The molecule has 0 aromatic carbocycles. The molecule has 0 aromatic heterocycles. The van der Waals surface area contributed by atoms with E-state index in [4.69, 9.17) is 11.5 Å². The summed E-state index contributed by atoms with van der Waals surface area (Å²) in [7, 11) is 2.16. The molecule has 1 saturated heterocycles. The molecule has 0 saturated carbocycles. The molecule has 0 radical (unpaired) electrons. The molecule has 0 spiro atoms. The zero-order chi connectivity index (χ0) is 10.1. The van der Waals surface area contributed by atoms with Gasteiger partial charge in [0.25, 0.3) is 0 Å². The van der Waals surface area contributed by atoms with Crippen LogP contribution in [0.2, 0.25) is 0 Å². The Hall–Kier alpha value is -0.120. The van der Waals surface area contributed by atoms with E-state index in [1.807, 2.05) is 13.8 Å². The van der Waals surface area contributed by atoms with Crippen LogP contribution < -0.4 is 11.5 Å². The topological polar surface area (TPSA) is 55.3 Å². The van der Waals surface area contributed by atoms with Crippen molar-refractivity contribution in [3.8, 4) is 0 Å². The highest BCUT2D eigenvalue weighted by atomic mass is 15.1. The van der Waals surface area contributed by atoms with Gasteiger partial charge in [0.15, 0.2) is 0 Å². The molecule has 1 fully saturated rings. The summed E-state index contributed by atoms with van der Waals surface area (Å²) in [6.45, 7) is 6.34. The summed E-state index contributed by atoms with van der Waals surface area (Å²) in [5.74, 6) is 0.568. The van der Waals surface area contributed by atoms with Gasteiger partial charge in [0.05, 0.1) is 0 Å². The summed E-state index contributed by atoms with van der Waals surface area (Å²) in [4.78, 5) is 2.35. The van der Waals surface area contributed by atoms with Crippen LogP contribution in [0, 0.1) is 5.92 Å². The van der Waals surface area contributed by atoms with E-state index < -0.39 is 0 Å². The maximum atomic E-state index is 6.14. The van der Waals surface area contributed by atoms with Crippen LogP contribution in [-0.2, 0) is 0 Å². The summed E-state index contributed by atoms with van der Waals surface area (Å²) in [5, 5.41) is 0. The van der Waals surface area contributed by atoms with Crippen LogP contribution >= 0.6 is 0 Å². The predicted molar refractivity (Wildman–Crippen MR) is 56.5 cm³/mol. The Morgan fingerprint density at radius 2 is 2.08 bits per heavy atom. The van der Waals surface area contributed by atoms with E-state index in [2.05, 4.69) is 11.9 Å². The summed E-state index contributed by atoms with van der Waals surface area (Å²) in [5.41, 5.74) is 11.9. The third kappa shape index (κ3) is 2.93. The zero-order valence-corrected chi connectivity index (χ0v) is 9.09. The van der Waals surface area contributed by atoms with Crippen LogP contribution in [0.15, 0.2) is 0 Å². The molecule has 0 amide bonds. The molecular weight excluding hydrogens is 162 g/mol. The van der Waals surface area contributed by atoms with Crippen LogP contribution in [0.1, 0.15) is 26.7 Å². The predicted octanol–water partition coefficient (Wildman–Crippen LogP) is 0.393. The maximum Gasteiger partial charge on any atom is 0.0257 e. The van der Waals surface area contributed by atoms with Gasteiger partial charge in [-0.25, -0.2) is 0 Å². The minimum Gasteiger partial charge on any atom is -0.326 e. The van der Waals surface area contributed by atoms with Gasteiger partial charge in [0.1, 0.15) is 0 Å². The van der Waals surface area contributed by atoms with Crippen molar-refractivity contribution in [1.82, 2.24) is 4.90 Å². The fourth-order valence-corrected chi connectivity index (χ4v) is 2.11. The number of piperidine rings is 1. The highest BCUT2D eigenvalue weighted by molar-refractivity contribution is 4.92. The number of nitrogens with zero attached hydrogens (tertiary/aromatic N) is 1. The lowest BCUT2D eigenvalue weighted by Crippen LogP contribution is -2.57. The van der Waals surface area contributed by atoms with Gasteiger partial charge in [-0.05, 0) is 46.2 Å². The lowest BCUT2D eigenvalue weighted by atomic mass is 9.81. The van der Waals surface area contributed by atoms with Crippen molar-refractivity contribution >= 4 is 0 Å². The van der Waals surface area contributed by atoms with Gasteiger partial charge in [0, 0.05) is 18.1 Å². The van der Waals surface area contributed by atoms with Crippen LogP contribution in [-0.4, -0.2) is 36.6 Å². The fraction of sp³-hybridized carbons (Fsp3) is 1.00. The molecular formula is C10H23N3. The van der Waals surface area contributed by atoms with Crippen LogP contribution in [0.3, 0.4) is 0 Å². The summed E-state index contributed by atoms with van der Waals surface area (Å²) >= 11 is 0. The molecule has 4 N–H and O–H groups in total. The molecule has 1 heterocycles. The van der Waals surface area contributed by atoms with E-state index in [-0.39, 0.29) is 11.6 Å². The normalized spacial score (nSPS) is 28.8. The van der Waals surface area contributed by atoms with Crippen molar-refractivity contribution in [3.05, 3.63) is 0 Å². The highest BCUT2D eigenvalue weighted by Crippen LogP contribution is 2.22. The molecule has 2 unspecified atom stereocenters. The quantitative estimate of drug-likeness (QED) is 0.654. The van der Waals surface area contributed by atoms with Crippen molar-refractivity contribution in [2.75, 3.05) is 20.1 Å². The Morgan fingerprint density at radius 3 is 2.54 bits per heavy atom. The molecule has 3 nitrogen and oxygen atoms in total. The number of hydrogen-bond donors (Lipinski definition) is 2. The van der Waals surface area contributed by atoms with Crippen molar-refractivity contribution in [3.63, 3.8) is 0 Å². The first-order valence-electron chi connectivity index (χ1n) is 5.14. The molecule has 1 aliphatic heterocycles. The molecule has 1 aliphatic rings. The molecule has 78 valence electrons. The van der Waals surface area contributed by atoms with Crippen LogP contribution in [0.5, 0.6) is 0 Å². The molecule has 13 heavy (non-hydrogen) atoms. The average Bonchev–Trinajstić information content (AvgIpc) is 2.01. The van der Waals surface area contributed by atoms with Crippen LogP contribution in [0.4, 0.5) is 0 Å². The molecule has 2 atom stereocenters. The Labute approximate surface area is 81.5 Å². The van der Waals surface area contributed by atoms with Gasteiger partial charge in [-0.2, -0.15) is 0 Å². The van der Waals surface area contributed by atoms with Crippen molar-refractivity contribution in [2.24, 2.45) is 17.4 Å². The van der Waals surface area contributed by atoms with Crippen molar-refractivity contribution < 1.29 is 0 Å². The molecule has 3 heteroatoms. The standard InChI is InChI=1S/C10H23N3/c1-10(2,12)9(11)8-5-4-6-13(3)7-8/h8-9H,4-7,11-12H2,1-3H3. The fourth-order valence-electron chi connectivity index (χ4n) is 2.11. The lowest BCUT2D eigenvalue weighted by Gasteiger charge is -2.39. The second-order valence-electron chi connectivity index (χ2n) is 5.01. The lowest BCUT2D eigenvalue weighted by molar-refractivity contribution is 0.160. The van der Waals surface area contributed by atoms with Gasteiger partial charge in [-0.15, -0.1) is 0 Å². The zero-order valence-electron chi connectivity index (χ0n) is 9.09. The van der Waals surface area contributed by atoms with E-state index in [0.29, 0.717) is 5.92 Å². The SMILES string of the molecule is CN1CCCC(C(N)C(C)(C)N)C1. The van der Waals surface area contributed by atoms with E-state index in [0.717, 1.165) is 6.54 Å². The first-order valence-corrected chi connectivity index (χ1v) is 5.14. The van der Waals surface area contributed by atoms with Crippen molar-refractivity contribution in [1.29, 1.82) is 0 Å². The summed E-state index contributed by atoms with van der Waals surface area (Å²) in [6.07, 6.45) is 2.48. The van der Waals surface area contributed by atoms with E-state index in [1.165, 1.54) is 19.4 Å². The molecule has 1 rings (SSSR count). The maximum absolute atomic E-state index is 6.14. The number of hydrogen-bond acceptors (Lipinski definition) is 3. The van der Waals surface area contributed by atoms with Gasteiger partial charge < -0.3 is 16.4 Å². The highest BCUT2D eigenvalue weighted by Gasteiger charge is 2.31.